The van der Waals surface area contributed by atoms with Gasteiger partial charge in [0.05, 0.1) is 0 Å². The van der Waals surface area contributed by atoms with E-state index >= 15 is 0 Å². The summed E-state index contributed by atoms with van der Waals surface area (Å²) < 4.78 is 6.25. The van der Waals surface area contributed by atoms with Gasteiger partial charge in [-0.25, -0.2) is 4.79 Å². The highest BCUT2D eigenvalue weighted by molar-refractivity contribution is 5.95. The second kappa shape index (κ2) is 11.1. The Balaban J connectivity index is 2.02. The first kappa shape index (κ1) is 23.8. The Morgan fingerprint density at radius 3 is 2.39 bits per heavy atom. The van der Waals surface area contributed by atoms with Crippen molar-refractivity contribution in [1.82, 2.24) is 4.98 Å². The number of aryl methyl sites for hydroxylation is 2. The standard InChI is InChI=1S/C26H30N4O3/c1-3-5-20-14-17(4-2)15-22(24(20)33-16-18-10-12-29-13-11-18)23(26(31)32)30-21-8-6-19(7-9-21)25(27)28/h6-15,23,30H,3-5,16H2,1-2H3,(H3,27,28)(H,31,32). The number of anilines is 1. The third-order valence-electron chi connectivity index (χ3n) is 5.38. The molecule has 7 heteroatoms. The Hall–Kier alpha value is -3.87. The van der Waals surface area contributed by atoms with Crippen molar-refractivity contribution in [2.75, 3.05) is 5.32 Å². The van der Waals surface area contributed by atoms with E-state index in [2.05, 4.69) is 30.2 Å². The SMILES string of the molecule is CCCc1cc(CC)cc(C(Nc2ccc(C(=N)N)cc2)C(=O)O)c1OCc1ccncc1. The lowest BCUT2D eigenvalue weighted by molar-refractivity contribution is -0.138. The molecule has 0 aliphatic carbocycles. The Bertz CT molecular complexity index is 1100. The van der Waals surface area contributed by atoms with E-state index in [1.807, 2.05) is 18.2 Å². The monoisotopic (exact) mass is 446 g/mol. The van der Waals surface area contributed by atoms with Gasteiger partial charge in [0, 0.05) is 29.2 Å². The van der Waals surface area contributed by atoms with Crippen LogP contribution in [0.15, 0.2) is 60.9 Å². The highest BCUT2D eigenvalue weighted by Crippen LogP contribution is 2.35. The molecule has 1 unspecified atom stereocenters. The van der Waals surface area contributed by atoms with Gasteiger partial charge in [-0.15, -0.1) is 0 Å². The topological polar surface area (TPSA) is 121 Å². The van der Waals surface area contributed by atoms with Gasteiger partial charge in [-0.1, -0.05) is 26.3 Å². The number of carboxylic acid groups (broad SMARTS) is 1. The number of amidine groups is 1. The summed E-state index contributed by atoms with van der Waals surface area (Å²) in [5.74, 6) is -0.441. The number of carbonyl (C=O) groups is 1. The molecule has 2 aromatic carbocycles. The molecular formula is C26H30N4O3. The van der Waals surface area contributed by atoms with Crippen LogP contribution in [-0.4, -0.2) is 21.9 Å². The molecule has 1 heterocycles. The van der Waals surface area contributed by atoms with Crippen molar-refractivity contribution in [3.05, 3.63) is 88.7 Å². The van der Waals surface area contributed by atoms with Gasteiger partial charge in [0.25, 0.3) is 0 Å². The molecule has 0 spiro atoms. The lowest BCUT2D eigenvalue weighted by atomic mass is 9.95. The van der Waals surface area contributed by atoms with Gasteiger partial charge in [0.15, 0.2) is 6.04 Å². The summed E-state index contributed by atoms with van der Waals surface area (Å²) in [5.41, 5.74) is 10.3. The number of nitrogens with one attached hydrogen (secondary N) is 2. The number of hydrogen-bond donors (Lipinski definition) is 4. The van der Waals surface area contributed by atoms with Gasteiger partial charge >= 0.3 is 5.97 Å². The summed E-state index contributed by atoms with van der Waals surface area (Å²) in [6.45, 7) is 4.46. The zero-order chi connectivity index (χ0) is 23.8. The predicted octanol–water partition coefficient (Wildman–Crippen LogP) is 4.70. The quantitative estimate of drug-likeness (QED) is 0.250. The summed E-state index contributed by atoms with van der Waals surface area (Å²) >= 11 is 0. The van der Waals surface area contributed by atoms with Gasteiger partial charge in [0.1, 0.15) is 18.2 Å². The molecule has 3 aromatic rings. The van der Waals surface area contributed by atoms with Crippen molar-refractivity contribution < 1.29 is 14.6 Å². The normalized spacial score (nSPS) is 11.6. The average Bonchev–Trinajstić information content (AvgIpc) is 2.82. The smallest absolute Gasteiger partial charge is 0.330 e. The molecule has 0 saturated carbocycles. The van der Waals surface area contributed by atoms with E-state index in [9.17, 15) is 9.90 Å². The van der Waals surface area contributed by atoms with Crippen molar-refractivity contribution >= 4 is 17.5 Å². The van der Waals surface area contributed by atoms with E-state index in [0.29, 0.717) is 29.2 Å². The van der Waals surface area contributed by atoms with E-state index in [1.165, 1.54) is 0 Å². The lowest BCUT2D eigenvalue weighted by Crippen LogP contribution is -2.22. The maximum Gasteiger partial charge on any atom is 0.330 e. The summed E-state index contributed by atoms with van der Waals surface area (Å²) in [7, 11) is 0. The Morgan fingerprint density at radius 1 is 1.12 bits per heavy atom. The fourth-order valence-corrected chi connectivity index (χ4v) is 3.65. The van der Waals surface area contributed by atoms with Gasteiger partial charge in [-0.05, 0) is 72.0 Å². The molecule has 0 saturated heterocycles. The first-order valence-electron chi connectivity index (χ1n) is 11.0. The van der Waals surface area contributed by atoms with Crippen LogP contribution >= 0.6 is 0 Å². The summed E-state index contributed by atoms with van der Waals surface area (Å²) in [4.78, 5) is 16.4. The predicted molar refractivity (Wildman–Crippen MR) is 130 cm³/mol. The molecule has 5 N–H and O–H groups in total. The number of benzene rings is 2. The zero-order valence-corrected chi connectivity index (χ0v) is 19.0. The third kappa shape index (κ3) is 6.10. The van der Waals surface area contributed by atoms with Gasteiger partial charge in [0.2, 0.25) is 0 Å². The van der Waals surface area contributed by atoms with Crippen LogP contribution in [0, 0.1) is 5.41 Å². The highest BCUT2D eigenvalue weighted by atomic mass is 16.5. The van der Waals surface area contributed by atoms with Crippen LogP contribution < -0.4 is 15.8 Å². The van der Waals surface area contributed by atoms with Gasteiger partial charge in [-0.2, -0.15) is 0 Å². The number of aliphatic carboxylic acids is 1. The maximum atomic E-state index is 12.4. The van der Waals surface area contributed by atoms with Gasteiger partial charge in [-0.3, -0.25) is 10.4 Å². The summed E-state index contributed by atoms with van der Waals surface area (Å²) in [5, 5.41) is 20.8. The first-order valence-corrected chi connectivity index (χ1v) is 11.0. The number of pyridine rings is 1. The summed E-state index contributed by atoms with van der Waals surface area (Å²) in [6, 6.07) is 13.6. The van der Waals surface area contributed by atoms with Crippen LogP contribution in [0.5, 0.6) is 5.75 Å². The number of rotatable bonds is 11. The molecule has 172 valence electrons. The van der Waals surface area contributed by atoms with Gasteiger partial charge < -0.3 is 20.9 Å². The Labute approximate surface area is 194 Å². The molecule has 0 amide bonds. The molecule has 33 heavy (non-hydrogen) atoms. The molecule has 0 fully saturated rings. The number of nitrogens with two attached hydrogens (primary N) is 1. The summed E-state index contributed by atoms with van der Waals surface area (Å²) in [6.07, 6.45) is 5.90. The minimum absolute atomic E-state index is 0.0389. The fourth-order valence-electron chi connectivity index (χ4n) is 3.65. The highest BCUT2D eigenvalue weighted by Gasteiger charge is 2.26. The zero-order valence-electron chi connectivity index (χ0n) is 19.0. The van der Waals surface area contributed by atoms with Crippen molar-refractivity contribution in [2.24, 2.45) is 5.73 Å². The fraction of sp³-hybridized carbons (Fsp3) is 0.269. The van der Waals surface area contributed by atoms with Crippen LogP contribution in [0.4, 0.5) is 5.69 Å². The van der Waals surface area contributed by atoms with E-state index in [4.69, 9.17) is 15.9 Å². The number of hydrogen-bond acceptors (Lipinski definition) is 5. The number of carboxylic acids is 1. The first-order chi connectivity index (χ1) is 15.9. The maximum absolute atomic E-state index is 12.4. The van der Waals surface area contributed by atoms with Crippen molar-refractivity contribution in [3.8, 4) is 5.75 Å². The Kier molecular flexibility index (Phi) is 8.02. The number of ether oxygens (including phenoxy) is 1. The van der Waals surface area contributed by atoms with Crippen LogP contribution in [0.25, 0.3) is 0 Å². The van der Waals surface area contributed by atoms with E-state index < -0.39 is 12.0 Å². The van der Waals surface area contributed by atoms with Crippen LogP contribution in [0.1, 0.15) is 54.1 Å². The molecule has 7 nitrogen and oxygen atoms in total. The minimum atomic E-state index is -1.01. The van der Waals surface area contributed by atoms with E-state index in [0.717, 1.165) is 36.0 Å². The molecule has 1 aromatic heterocycles. The second-order valence-electron chi connectivity index (χ2n) is 7.83. The number of aromatic nitrogens is 1. The molecule has 0 bridgehead atoms. The van der Waals surface area contributed by atoms with Crippen molar-refractivity contribution in [1.29, 1.82) is 5.41 Å². The van der Waals surface area contributed by atoms with E-state index in [-0.39, 0.29) is 5.84 Å². The average molecular weight is 447 g/mol. The molecule has 0 aliphatic rings. The Morgan fingerprint density at radius 2 is 1.82 bits per heavy atom. The third-order valence-corrected chi connectivity index (χ3v) is 5.38. The largest absolute Gasteiger partial charge is 0.488 e. The number of nitrogens with zero attached hydrogens (tertiary/aromatic N) is 1. The molecular weight excluding hydrogens is 416 g/mol. The lowest BCUT2D eigenvalue weighted by Gasteiger charge is -2.23. The molecule has 0 aliphatic heterocycles. The second-order valence-corrected chi connectivity index (χ2v) is 7.83. The van der Waals surface area contributed by atoms with E-state index in [1.54, 1.807) is 36.7 Å². The van der Waals surface area contributed by atoms with Crippen molar-refractivity contribution in [2.45, 2.75) is 45.8 Å². The van der Waals surface area contributed by atoms with Crippen molar-refractivity contribution in [3.63, 3.8) is 0 Å². The number of nitrogen functional groups attached to an aromatic ring is 1. The molecule has 3 rings (SSSR count). The molecule has 0 radical (unpaired) electrons. The van der Waals surface area contributed by atoms with Crippen LogP contribution in [0.2, 0.25) is 0 Å². The molecule has 1 atom stereocenters. The van der Waals surface area contributed by atoms with Crippen LogP contribution in [-0.2, 0) is 24.2 Å². The minimum Gasteiger partial charge on any atom is -0.488 e. The van der Waals surface area contributed by atoms with Crippen LogP contribution in [0.3, 0.4) is 0 Å².